The van der Waals surface area contributed by atoms with Crippen LogP contribution in [0.25, 0.3) is 11.1 Å². The first kappa shape index (κ1) is 16.5. The summed E-state index contributed by atoms with van der Waals surface area (Å²) in [6.07, 6.45) is 5.98. The van der Waals surface area contributed by atoms with Crippen LogP contribution in [-0.4, -0.2) is 27.8 Å². The first-order valence-corrected chi connectivity index (χ1v) is 7.74. The zero-order valence-corrected chi connectivity index (χ0v) is 13.8. The largest absolute Gasteiger partial charge is 0.464 e. The van der Waals surface area contributed by atoms with Gasteiger partial charge in [0.15, 0.2) is 0 Å². The van der Waals surface area contributed by atoms with Crippen molar-refractivity contribution in [2.75, 3.05) is 7.11 Å². The standard InChI is InChI=1S/C16H20ClN3O2/c1-4-11(5-2)9-20-10-12(8-18-20)13-6-7-14(16(21)22-3)19-15(13)17/h6-8,10-11H,4-5,9H2,1-3H3. The van der Waals surface area contributed by atoms with Crippen molar-refractivity contribution in [3.8, 4) is 11.1 Å². The van der Waals surface area contributed by atoms with E-state index in [0.717, 1.165) is 30.5 Å². The van der Waals surface area contributed by atoms with Crippen molar-refractivity contribution in [1.82, 2.24) is 14.8 Å². The molecule has 0 fully saturated rings. The summed E-state index contributed by atoms with van der Waals surface area (Å²) in [4.78, 5) is 15.5. The number of carbonyl (C=O) groups excluding carboxylic acids is 1. The van der Waals surface area contributed by atoms with Crippen molar-refractivity contribution in [3.05, 3.63) is 35.4 Å². The molecule has 2 heterocycles. The molecular formula is C16H20ClN3O2. The monoisotopic (exact) mass is 321 g/mol. The minimum atomic E-state index is -0.502. The Hall–Kier alpha value is -1.88. The lowest BCUT2D eigenvalue weighted by Crippen LogP contribution is -2.09. The summed E-state index contributed by atoms with van der Waals surface area (Å²) in [6, 6.07) is 3.37. The lowest BCUT2D eigenvalue weighted by molar-refractivity contribution is 0.0594. The van der Waals surface area contributed by atoms with E-state index < -0.39 is 5.97 Å². The zero-order valence-electron chi connectivity index (χ0n) is 13.0. The van der Waals surface area contributed by atoms with E-state index in [4.69, 9.17) is 11.6 Å². The molecule has 22 heavy (non-hydrogen) atoms. The Kier molecular flexibility index (Phi) is 5.55. The second-order valence-corrected chi connectivity index (χ2v) is 5.52. The third kappa shape index (κ3) is 3.65. The maximum atomic E-state index is 11.4. The van der Waals surface area contributed by atoms with E-state index in [0.29, 0.717) is 5.92 Å². The van der Waals surface area contributed by atoms with E-state index in [-0.39, 0.29) is 10.8 Å². The van der Waals surface area contributed by atoms with Gasteiger partial charge in [0.25, 0.3) is 0 Å². The second kappa shape index (κ2) is 7.40. The molecule has 118 valence electrons. The summed E-state index contributed by atoms with van der Waals surface area (Å²) >= 11 is 6.18. The highest BCUT2D eigenvalue weighted by Gasteiger charge is 2.13. The number of pyridine rings is 1. The van der Waals surface area contributed by atoms with Crippen molar-refractivity contribution >= 4 is 17.6 Å². The number of hydrogen-bond acceptors (Lipinski definition) is 4. The number of ether oxygens (including phenoxy) is 1. The van der Waals surface area contributed by atoms with Crippen molar-refractivity contribution in [2.24, 2.45) is 5.92 Å². The van der Waals surface area contributed by atoms with Crippen LogP contribution in [0.5, 0.6) is 0 Å². The highest BCUT2D eigenvalue weighted by atomic mass is 35.5. The Morgan fingerprint density at radius 1 is 1.36 bits per heavy atom. The number of aromatic nitrogens is 3. The van der Waals surface area contributed by atoms with E-state index >= 15 is 0 Å². The molecule has 0 N–H and O–H groups in total. The molecule has 2 aromatic heterocycles. The first-order chi connectivity index (χ1) is 10.6. The maximum Gasteiger partial charge on any atom is 0.356 e. The Labute approximate surface area is 135 Å². The molecule has 0 radical (unpaired) electrons. The fourth-order valence-corrected chi connectivity index (χ4v) is 2.54. The molecule has 2 aromatic rings. The van der Waals surface area contributed by atoms with Crippen LogP contribution in [0.2, 0.25) is 5.15 Å². The lowest BCUT2D eigenvalue weighted by Gasteiger charge is -2.11. The van der Waals surface area contributed by atoms with Gasteiger partial charge in [0.1, 0.15) is 10.8 Å². The van der Waals surface area contributed by atoms with E-state index in [1.54, 1.807) is 18.3 Å². The van der Waals surface area contributed by atoms with Crippen molar-refractivity contribution in [1.29, 1.82) is 0 Å². The van der Waals surface area contributed by atoms with Gasteiger partial charge in [0.2, 0.25) is 0 Å². The van der Waals surface area contributed by atoms with Crippen LogP contribution in [0.1, 0.15) is 37.2 Å². The zero-order chi connectivity index (χ0) is 16.1. The molecule has 0 aromatic carbocycles. The predicted octanol–water partition coefficient (Wildman–Crippen LogP) is 3.82. The Morgan fingerprint density at radius 3 is 2.68 bits per heavy atom. The van der Waals surface area contributed by atoms with Gasteiger partial charge in [-0.2, -0.15) is 5.10 Å². The highest BCUT2D eigenvalue weighted by Crippen LogP contribution is 2.26. The van der Waals surface area contributed by atoms with Crippen LogP contribution in [0.15, 0.2) is 24.5 Å². The Morgan fingerprint density at radius 2 is 2.09 bits per heavy atom. The van der Waals surface area contributed by atoms with E-state index in [1.165, 1.54) is 7.11 Å². The predicted molar refractivity (Wildman–Crippen MR) is 85.9 cm³/mol. The highest BCUT2D eigenvalue weighted by molar-refractivity contribution is 6.32. The van der Waals surface area contributed by atoms with E-state index in [9.17, 15) is 4.79 Å². The number of nitrogens with zero attached hydrogens (tertiary/aromatic N) is 3. The van der Waals surface area contributed by atoms with Crippen LogP contribution < -0.4 is 0 Å². The summed E-state index contributed by atoms with van der Waals surface area (Å²) in [5, 5.41) is 4.65. The molecule has 0 aliphatic rings. The number of rotatable bonds is 6. The molecule has 0 saturated heterocycles. The van der Waals surface area contributed by atoms with Gasteiger partial charge in [0.05, 0.1) is 13.3 Å². The maximum absolute atomic E-state index is 11.4. The summed E-state index contributed by atoms with van der Waals surface area (Å²) in [5.41, 5.74) is 1.84. The van der Waals surface area contributed by atoms with Crippen LogP contribution in [0.4, 0.5) is 0 Å². The molecule has 0 amide bonds. The molecule has 2 rings (SSSR count). The molecule has 5 nitrogen and oxygen atoms in total. The molecule has 0 saturated carbocycles. The van der Waals surface area contributed by atoms with Crippen LogP contribution >= 0.6 is 11.6 Å². The number of esters is 1. The third-order valence-corrected chi connectivity index (χ3v) is 4.08. The summed E-state index contributed by atoms with van der Waals surface area (Å²) in [7, 11) is 1.31. The normalized spacial score (nSPS) is 11.0. The smallest absolute Gasteiger partial charge is 0.356 e. The minimum absolute atomic E-state index is 0.195. The molecule has 0 bridgehead atoms. The molecular weight excluding hydrogens is 302 g/mol. The Balaban J connectivity index is 2.22. The van der Waals surface area contributed by atoms with E-state index in [1.807, 2.05) is 10.9 Å². The number of halogens is 1. The van der Waals surface area contributed by atoms with Gasteiger partial charge in [-0.1, -0.05) is 38.3 Å². The van der Waals surface area contributed by atoms with Crippen LogP contribution in [0.3, 0.4) is 0 Å². The van der Waals surface area contributed by atoms with Crippen molar-refractivity contribution in [2.45, 2.75) is 33.2 Å². The molecule has 0 aliphatic heterocycles. The topological polar surface area (TPSA) is 57.0 Å². The van der Waals surface area contributed by atoms with Gasteiger partial charge < -0.3 is 4.74 Å². The van der Waals surface area contributed by atoms with Crippen LogP contribution in [0, 0.1) is 5.92 Å². The average molecular weight is 322 g/mol. The number of methoxy groups -OCH3 is 1. The van der Waals surface area contributed by atoms with Crippen molar-refractivity contribution in [3.63, 3.8) is 0 Å². The summed E-state index contributed by atoms with van der Waals surface area (Å²) in [5.74, 6) is 0.112. The molecule has 0 spiro atoms. The first-order valence-electron chi connectivity index (χ1n) is 7.36. The van der Waals surface area contributed by atoms with Gasteiger partial charge in [-0.25, -0.2) is 9.78 Å². The van der Waals surface area contributed by atoms with Gasteiger partial charge in [-0.3, -0.25) is 4.68 Å². The van der Waals surface area contributed by atoms with Gasteiger partial charge in [0, 0.05) is 23.9 Å². The lowest BCUT2D eigenvalue weighted by atomic mass is 10.0. The van der Waals surface area contributed by atoms with Crippen molar-refractivity contribution < 1.29 is 9.53 Å². The van der Waals surface area contributed by atoms with E-state index in [2.05, 4.69) is 28.7 Å². The second-order valence-electron chi connectivity index (χ2n) is 5.16. The third-order valence-electron chi connectivity index (χ3n) is 3.79. The fraction of sp³-hybridized carbons (Fsp3) is 0.438. The number of carbonyl (C=O) groups is 1. The molecule has 0 unspecified atom stereocenters. The quantitative estimate of drug-likeness (QED) is 0.599. The summed E-state index contributed by atoms with van der Waals surface area (Å²) in [6.45, 7) is 5.26. The fourth-order valence-electron chi connectivity index (χ4n) is 2.28. The minimum Gasteiger partial charge on any atom is -0.464 e. The number of hydrogen-bond donors (Lipinski definition) is 0. The summed E-state index contributed by atoms with van der Waals surface area (Å²) < 4.78 is 6.56. The average Bonchev–Trinajstić information content (AvgIpc) is 2.99. The molecule has 6 heteroatoms. The SMILES string of the molecule is CCC(CC)Cn1cc(-c2ccc(C(=O)OC)nc2Cl)cn1. The van der Waals surface area contributed by atoms with Gasteiger partial charge in [-0.05, 0) is 18.1 Å². The Bertz CT molecular complexity index is 651. The molecule has 0 aliphatic carbocycles. The van der Waals surface area contributed by atoms with Crippen LogP contribution in [-0.2, 0) is 11.3 Å². The van der Waals surface area contributed by atoms with Gasteiger partial charge >= 0.3 is 5.97 Å². The van der Waals surface area contributed by atoms with Gasteiger partial charge in [-0.15, -0.1) is 0 Å². The molecule has 0 atom stereocenters.